The van der Waals surface area contributed by atoms with E-state index < -0.39 is 5.82 Å². The highest BCUT2D eigenvalue weighted by molar-refractivity contribution is 5.67. The molecule has 0 bridgehead atoms. The molecule has 0 aliphatic carbocycles. The van der Waals surface area contributed by atoms with Crippen molar-refractivity contribution in [1.29, 1.82) is 5.26 Å². The lowest BCUT2D eigenvalue weighted by molar-refractivity contribution is 0.583. The molecule has 1 aromatic carbocycles. The summed E-state index contributed by atoms with van der Waals surface area (Å²) in [4.78, 5) is 2.07. The largest absolute Gasteiger partial charge is 0.368 e. The summed E-state index contributed by atoms with van der Waals surface area (Å²) in [6.07, 6.45) is 1.93. The maximum Gasteiger partial charge on any atom is 0.143 e. The summed E-state index contributed by atoms with van der Waals surface area (Å²) in [6.45, 7) is 7.26. The molecule has 1 heterocycles. The summed E-state index contributed by atoms with van der Waals surface area (Å²) >= 11 is 0. The molecule has 3 nitrogen and oxygen atoms in total. The van der Waals surface area contributed by atoms with Gasteiger partial charge in [-0.05, 0) is 31.5 Å². The minimum atomic E-state index is -0.439. The first-order chi connectivity index (χ1) is 9.11. The Morgan fingerprint density at radius 2 is 2.05 bits per heavy atom. The Hall–Kier alpha value is -1.86. The third-order valence-corrected chi connectivity index (χ3v) is 3.12. The van der Waals surface area contributed by atoms with Gasteiger partial charge in [-0.2, -0.15) is 5.26 Å². The van der Waals surface area contributed by atoms with Crippen LogP contribution in [0.4, 0.5) is 10.1 Å². The number of hydrogen-bond donors (Lipinski definition) is 1. The van der Waals surface area contributed by atoms with Crippen LogP contribution in [0.15, 0.2) is 17.7 Å². The zero-order chi connectivity index (χ0) is 13.8. The van der Waals surface area contributed by atoms with Crippen molar-refractivity contribution in [3.63, 3.8) is 0 Å². The van der Waals surface area contributed by atoms with Gasteiger partial charge in [0.25, 0.3) is 0 Å². The molecule has 1 aliphatic rings. The summed E-state index contributed by atoms with van der Waals surface area (Å²) < 4.78 is 14.0. The van der Waals surface area contributed by atoms with Crippen LogP contribution >= 0.6 is 0 Å². The highest BCUT2D eigenvalue weighted by Crippen LogP contribution is 2.26. The predicted molar refractivity (Wildman–Crippen MR) is 75.5 cm³/mol. The van der Waals surface area contributed by atoms with Crippen molar-refractivity contribution in [2.24, 2.45) is 0 Å². The molecular formula is C15H18FN3. The van der Waals surface area contributed by atoms with Gasteiger partial charge in [0, 0.05) is 26.2 Å². The van der Waals surface area contributed by atoms with Gasteiger partial charge in [0.05, 0.1) is 5.69 Å². The Morgan fingerprint density at radius 1 is 1.37 bits per heavy atom. The number of piperazine rings is 1. The van der Waals surface area contributed by atoms with Crippen LogP contribution in [0.1, 0.15) is 25.0 Å². The second kappa shape index (κ2) is 5.85. The van der Waals surface area contributed by atoms with Gasteiger partial charge in [-0.1, -0.05) is 11.6 Å². The van der Waals surface area contributed by atoms with E-state index in [4.69, 9.17) is 5.26 Å². The second-order valence-electron chi connectivity index (χ2n) is 4.97. The lowest BCUT2D eigenvalue weighted by Gasteiger charge is -2.30. The Bertz CT molecular complexity index is 533. The molecule has 1 aromatic rings. The number of nitrogens with one attached hydrogen (secondary N) is 1. The first kappa shape index (κ1) is 13.6. The minimum Gasteiger partial charge on any atom is -0.368 e. The summed E-state index contributed by atoms with van der Waals surface area (Å²) in [5.74, 6) is -0.439. The van der Waals surface area contributed by atoms with E-state index in [1.165, 1.54) is 6.07 Å². The summed E-state index contributed by atoms with van der Waals surface area (Å²) in [5.41, 5.74) is 2.77. The molecule has 0 radical (unpaired) electrons. The van der Waals surface area contributed by atoms with Crippen LogP contribution in [0.2, 0.25) is 0 Å². The van der Waals surface area contributed by atoms with Crippen molar-refractivity contribution in [3.05, 3.63) is 34.6 Å². The molecule has 0 atom stereocenters. The maximum atomic E-state index is 14.0. The van der Waals surface area contributed by atoms with E-state index in [9.17, 15) is 4.39 Å². The first-order valence-electron chi connectivity index (χ1n) is 6.46. The Morgan fingerprint density at radius 3 is 2.63 bits per heavy atom. The Labute approximate surface area is 113 Å². The van der Waals surface area contributed by atoms with Crippen molar-refractivity contribution in [1.82, 2.24) is 5.32 Å². The normalized spacial score (nSPS) is 14.9. The van der Waals surface area contributed by atoms with E-state index in [2.05, 4.69) is 10.2 Å². The van der Waals surface area contributed by atoms with Gasteiger partial charge < -0.3 is 10.2 Å². The molecule has 0 spiro atoms. The molecule has 2 rings (SSSR count). The smallest absolute Gasteiger partial charge is 0.143 e. The van der Waals surface area contributed by atoms with Crippen LogP contribution in [0.3, 0.4) is 0 Å². The number of nitriles is 1. The Kier molecular flexibility index (Phi) is 4.18. The average Bonchev–Trinajstić information content (AvgIpc) is 2.38. The monoisotopic (exact) mass is 259 g/mol. The zero-order valence-corrected chi connectivity index (χ0v) is 11.3. The quantitative estimate of drug-likeness (QED) is 0.887. The number of rotatable bonds is 2. The van der Waals surface area contributed by atoms with E-state index in [1.54, 1.807) is 0 Å². The topological polar surface area (TPSA) is 39.1 Å². The van der Waals surface area contributed by atoms with Gasteiger partial charge >= 0.3 is 0 Å². The molecule has 1 aliphatic heterocycles. The van der Waals surface area contributed by atoms with Crippen LogP contribution < -0.4 is 10.2 Å². The fourth-order valence-electron chi connectivity index (χ4n) is 2.30. The molecule has 1 N–H and O–H groups in total. The van der Waals surface area contributed by atoms with Gasteiger partial charge in [-0.25, -0.2) is 4.39 Å². The molecule has 1 fully saturated rings. The minimum absolute atomic E-state index is 0.146. The van der Waals surface area contributed by atoms with Crippen LogP contribution in [0.25, 0.3) is 6.08 Å². The molecule has 0 amide bonds. The Balaban J connectivity index is 2.47. The average molecular weight is 259 g/mol. The standard InChI is InChI=1S/C15H18FN3/c1-11(2)7-12-8-14(16)13(10-17)15(9-12)19-5-3-18-4-6-19/h7-9,18H,3-6H2,1-2H3. The highest BCUT2D eigenvalue weighted by Gasteiger charge is 2.17. The third kappa shape index (κ3) is 3.12. The number of nitrogens with zero attached hydrogens (tertiary/aromatic N) is 2. The van der Waals surface area contributed by atoms with E-state index in [1.807, 2.05) is 32.1 Å². The molecule has 4 heteroatoms. The molecule has 0 saturated carbocycles. The first-order valence-corrected chi connectivity index (χ1v) is 6.46. The lowest BCUT2D eigenvalue weighted by Crippen LogP contribution is -2.43. The van der Waals surface area contributed by atoms with Crippen molar-refractivity contribution in [3.8, 4) is 6.07 Å². The predicted octanol–water partition coefficient (Wildman–Crippen LogP) is 2.53. The fraction of sp³-hybridized carbons (Fsp3) is 0.400. The van der Waals surface area contributed by atoms with Crippen molar-refractivity contribution < 1.29 is 4.39 Å². The van der Waals surface area contributed by atoms with Gasteiger partial charge in [0.2, 0.25) is 0 Å². The summed E-state index contributed by atoms with van der Waals surface area (Å²) in [6, 6.07) is 5.31. The third-order valence-electron chi connectivity index (χ3n) is 3.12. The van der Waals surface area contributed by atoms with Crippen molar-refractivity contribution in [2.75, 3.05) is 31.1 Å². The summed E-state index contributed by atoms with van der Waals surface area (Å²) in [7, 11) is 0. The lowest BCUT2D eigenvalue weighted by atomic mass is 10.1. The highest BCUT2D eigenvalue weighted by atomic mass is 19.1. The summed E-state index contributed by atoms with van der Waals surface area (Å²) in [5, 5.41) is 12.4. The maximum absolute atomic E-state index is 14.0. The van der Waals surface area contributed by atoms with Crippen LogP contribution in [0, 0.1) is 17.1 Å². The fourth-order valence-corrected chi connectivity index (χ4v) is 2.30. The zero-order valence-electron chi connectivity index (χ0n) is 11.3. The van der Waals surface area contributed by atoms with Gasteiger partial charge in [0.15, 0.2) is 0 Å². The second-order valence-corrected chi connectivity index (χ2v) is 4.97. The van der Waals surface area contributed by atoms with Gasteiger partial charge in [-0.3, -0.25) is 0 Å². The number of hydrogen-bond acceptors (Lipinski definition) is 3. The van der Waals surface area contributed by atoms with E-state index in [0.717, 1.165) is 37.3 Å². The van der Waals surface area contributed by atoms with E-state index in [-0.39, 0.29) is 5.56 Å². The number of anilines is 1. The molecule has 1 saturated heterocycles. The van der Waals surface area contributed by atoms with Gasteiger partial charge in [-0.15, -0.1) is 0 Å². The van der Waals surface area contributed by atoms with Crippen molar-refractivity contribution >= 4 is 11.8 Å². The van der Waals surface area contributed by atoms with Gasteiger partial charge in [0.1, 0.15) is 17.4 Å². The van der Waals surface area contributed by atoms with E-state index >= 15 is 0 Å². The number of halogens is 1. The number of allylic oxidation sites excluding steroid dienone is 1. The van der Waals surface area contributed by atoms with Crippen molar-refractivity contribution in [2.45, 2.75) is 13.8 Å². The number of benzene rings is 1. The molecule has 0 unspecified atom stereocenters. The SMILES string of the molecule is CC(C)=Cc1cc(F)c(C#N)c(N2CCNCC2)c1. The molecule has 0 aromatic heterocycles. The van der Waals surface area contributed by atoms with E-state index in [0.29, 0.717) is 5.69 Å². The van der Waals surface area contributed by atoms with Crippen LogP contribution in [0.5, 0.6) is 0 Å². The molecule has 100 valence electrons. The molecule has 19 heavy (non-hydrogen) atoms. The van der Waals surface area contributed by atoms with Crippen LogP contribution in [-0.2, 0) is 0 Å². The molecular weight excluding hydrogens is 241 g/mol. The van der Waals surface area contributed by atoms with Crippen LogP contribution in [-0.4, -0.2) is 26.2 Å².